The highest BCUT2D eigenvalue weighted by Crippen LogP contribution is 2.10. The van der Waals surface area contributed by atoms with Crippen LogP contribution >= 0.6 is 0 Å². The van der Waals surface area contributed by atoms with Crippen LogP contribution < -0.4 is 5.32 Å². The van der Waals surface area contributed by atoms with Crippen LogP contribution in [0.1, 0.15) is 40.5 Å². The molecule has 0 amide bonds. The molecule has 0 bridgehead atoms. The molecule has 1 heterocycles. The van der Waals surface area contributed by atoms with Gasteiger partial charge in [0.25, 0.3) is 0 Å². The van der Waals surface area contributed by atoms with Crippen molar-refractivity contribution in [3.05, 3.63) is 0 Å². The van der Waals surface area contributed by atoms with Crippen molar-refractivity contribution in [2.45, 2.75) is 52.2 Å². The Morgan fingerprint density at radius 1 is 1.25 bits per heavy atom. The second kappa shape index (κ2) is 6.58. The Hall–Kier alpha value is -0.120. The Balaban J connectivity index is 1.98. The molecule has 1 N–H and O–H groups in total. The van der Waals surface area contributed by atoms with Gasteiger partial charge in [-0.1, -0.05) is 0 Å². The van der Waals surface area contributed by atoms with Crippen LogP contribution in [0.3, 0.4) is 0 Å². The molecule has 3 nitrogen and oxygen atoms in total. The molecule has 3 heteroatoms. The van der Waals surface area contributed by atoms with Gasteiger partial charge in [-0.15, -0.1) is 0 Å². The van der Waals surface area contributed by atoms with E-state index in [2.05, 4.69) is 37.9 Å². The van der Waals surface area contributed by atoms with Crippen molar-refractivity contribution >= 4 is 0 Å². The van der Waals surface area contributed by atoms with Crippen LogP contribution in [0.5, 0.6) is 0 Å². The number of hydrogen-bond donors (Lipinski definition) is 1. The lowest BCUT2D eigenvalue weighted by Gasteiger charge is -2.24. The topological polar surface area (TPSA) is 24.5 Å². The zero-order valence-electron chi connectivity index (χ0n) is 11.4. The molecule has 0 aliphatic carbocycles. The summed E-state index contributed by atoms with van der Waals surface area (Å²) >= 11 is 0. The van der Waals surface area contributed by atoms with Gasteiger partial charge >= 0.3 is 0 Å². The van der Waals surface area contributed by atoms with E-state index in [-0.39, 0.29) is 5.60 Å². The molecule has 0 radical (unpaired) electrons. The first kappa shape index (κ1) is 13.9. The highest BCUT2D eigenvalue weighted by Gasteiger charge is 2.17. The number of likely N-dealkylation sites (tertiary alicyclic amines) is 1. The molecule has 0 aromatic carbocycles. The van der Waals surface area contributed by atoms with Crippen LogP contribution in [0, 0.1) is 0 Å². The predicted octanol–water partition coefficient (Wildman–Crippen LogP) is 1.88. The summed E-state index contributed by atoms with van der Waals surface area (Å²) in [5.74, 6) is 0. The zero-order chi connectivity index (χ0) is 12.0. The van der Waals surface area contributed by atoms with Crippen molar-refractivity contribution in [3.8, 4) is 0 Å². The molecular formula is C13H28N2O. The van der Waals surface area contributed by atoms with Gasteiger partial charge in [0.05, 0.1) is 12.2 Å². The van der Waals surface area contributed by atoms with Gasteiger partial charge in [-0.25, -0.2) is 0 Å². The second-order valence-corrected chi connectivity index (χ2v) is 5.76. The smallest absolute Gasteiger partial charge is 0.0599 e. The average Bonchev–Trinajstić information content (AvgIpc) is 2.67. The van der Waals surface area contributed by atoms with E-state index in [1.807, 2.05) is 0 Å². The van der Waals surface area contributed by atoms with Crippen LogP contribution in [0.2, 0.25) is 0 Å². The largest absolute Gasteiger partial charge is 0.375 e. The van der Waals surface area contributed by atoms with Crippen molar-refractivity contribution < 1.29 is 4.74 Å². The summed E-state index contributed by atoms with van der Waals surface area (Å²) in [5.41, 5.74) is -0.0117. The number of rotatable bonds is 6. The fraction of sp³-hybridized carbons (Fsp3) is 1.00. The van der Waals surface area contributed by atoms with Gasteiger partial charge in [0.2, 0.25) is 0 Å². The molecule has 1 atom stereocenters. The van der Waals surface area contributed by atoms with Gasteiger partial charge in [0.15, 0.2) is 0 Å². The summed E-state index contributed by atoms with van der Waals surface area (Å²) in [6, 6.07) is 0.664. The van der Waals surface area contributed by atoms with Crippen LogP contribution in [-0.2, 0) is 4.74 Å². The van der Waals surface area contributed by atoms with E-state index < -0.39 is 0 Å². The molecule has 16 heavy (non-hydrogen) atoms. The maximum Gasteiger partial charge on any atom is 0.0599 e. The van der Waals surface area contributed by atoms with Gasteiger partial charge in [0.1, 0.15) is 0 Å². The summed E-state index contributed by atoms with van der Waals surface area (Å²) in [7, 11) is 0. The summed E-state index contributed by atoms with van der Waals surface area (Å²) < 4.78 is 5.66. The quantitative estimate of drug-likeness (QED) is 0.703. The van der Waals surface area contributed by atoms with Crippen LogP contribution in [0.25, 0.3) is 0 Å². The molecule has 1 aliphatic rings. The number of nitrogens with zero attached hydrogens (tertiary/aromatic N) is 1. The normalized spacial score (nSPS) is 20.2. The molecule has 1 saturated heterocycles. The fourth-order valence-corrected chi connectivity index (χ4v) is 2.05. The fourth-order valence-electron chi connectivity index (χ4n) is 2.05. The molecule has 96 valence electrons. The van der Waals surface area contributed by atoms with E-state index in [1.54, 1.807) is 0 Å². The highest BCUT2D eigenvalue weighted by molar-refractivity contribution is 4.74. The lowest BCUT2D eigenvalue weighted by Crippen LogP contribution is -2.39. The molecular weight excluding hydrogens is 200 g/mol. The number of nitrogens with one attached hydrogen (secondary N) is 1. The molecule has 1 fully saturated rings. The molecule has 1 rings (SSSR count). The minimum atomic E-state index is -0.0117. The van der Waals surface area contributed by atoms with Crippen LogP contribution in [0.4, 0.5) is 0 Å². The van der Waals surface area contributed by atoms with E-state index in [9.17, 15) is 0 Å². The number of hydrogen-bond acceptors (Lipinski definition) is 3. The van der Waals surface area contributed by atoms with Gasteiger partial charge in [-0.2, -0.15) is 0 Å². The third kappa shape index (κ3) is 5.83. The van der Waals surface area contributed by atoms with Crippen molar-refractivity contribution in [1.29, 1.82) is 0 Å². The molecule has 1 aliphatic heterocycles. The molecule has 0 spiro atoms. The van der Waals surface area contributed by atoms with Crippen molar-refractivity contribution in [1.82, 2.24) is 10.2 Å². The minimum absolute atomic E-state index is 0.0117. The van der Waals surface area contributed by atoms with E-state index >= 15 is 0 Å². The summed E-state index contributed by atoms with van der Waals surface area (Å²) in [5, 5.41) is 3.47. The Bertz CT molecular complexity index is 183. The van der Waals surface area contributed by atoms with Gasteiger partial charge in [-0.05, 0) is 53.6 Å². The first-order chi connectivity index (χ1) is 7.49. The SMILES string of the molecule is CC(CNCCOC(C)(C)C)N1CCCC1. The standard InChI is InChI=1S/C13H28N2O/c1-12(15-8-5-6-9-15)11-14-7-10-16-13(2,3)4/h12,14H,5-11H2,1-4H3. The molecule has 0 aromatic rings. The average molecular weight is 228 g/mol. The molecule has 0 aromatic heterocycles. The lowest BCUT2D eigenvalue weighted by molar-refractivity contribution is -0.00112. The monoisotopic (exact) mass is 228 g/mol. The van der Waals surface area contributed by atoms with Crippen molar-refractivity contribution in [3.63, 3.8) is 0 Å². The Morgan fingerprint density at radius 3 is 2.44 bits per heavy atom. The third-order valence-electron chi connectivity index (χ3n) is 3.02. The van der Waals surface area contributed by atoms with E-state index in [4.69, 9.17) is 4.74 Å². The van der Waals surface area contributed by atoms with Gasteiger partial charge < -0.3 is 10.1 Å². The van der Waals surface area contributed by atoms with Crippen LogP contribution in [-0.4, -0.2) is 49.3 Å². The predicted molar refractivity (Wildman–Crippen MR) is 68.8 cm³/mol. The maximum atomic E-state index is 5.66. The van der Waals surface area contributed by atoms with Crippen molar-refractivity contribution in [2.75, 3.05) is 32.8 Å². The van der Waals surface area contributed by atoms with Crippen molar-refractivity contribution in [2.24, 2.45) is 0 Å². The first-order valence-corrected chi connectivity index (χ1v) is 6.58. The highest BCUT2D eigenvalue weighted by atomic mass is 16.5. The first-order valence-electron chi connectivity index (χ1n) is 6.58. The van der Waals surface area contributed by atoms with E-state index in [1.165, 1.54) is 25.9 Å². The third-order valence-corrected chi connectivity index (χ3v) is 3.02. The molecule has 0 saturated carbocycles. The summed E-state index contributed by atoms with van der Waals surface area (Å²) in [6.45, 7) is 14.0. The van der Waals surface area contributed by atoms with E-state index in [0.717, 1.165) is 19.7 Å². The summed E-state index contributed by atoms with van der Waals surface area (Å²) in [4.78, 5) is 2.57. The maximum absolute atomic E-state index is 5.66. The van der Waals surface area contributed by atoms with Gasteiger partial charge in [0, 0.05) is 19.1 Å². The summed E-state index contributed by atoms with van der Waals surface area (Å²) in [6.07, 6.45) is 2.74. The Kier molecular flexibility index (Phi) is 5.73. The van der Waals surface area contributed by atoms with E-state index in [0.29, 0.717) is 6.04 Å². The molecule has 1 unspecified atom stereocenters. The zero-order valence-corrected chi connectivity index (χ0v) is 11.4. The lowest BCUT2D eigenvalue weighted by atomic mass is 10.2. The minimum Gasteiger partial charge on any atom is -0.375 e. The Morgan fingerprint density at radius 2 is 1.88 bits per heavy atom. The van der Waals surface area contributed by atoms with Gasteiger partial charge in [-0.3, -0.25) is 4.90 Å². The number of ether oxygens (including phenoxy) is 1. The second-order valence-electron chi connectivity index (χ2n) is 5.76. The Labute approximate surface area is 101 Å². The van der Waals surface area contributed by atoms with Crippen LogP contribution in [0.15, 0.2) is 0 Å².